The van der Waals surface area contributed by atoms with Crippen LogP contribution < -0.4 is 26.2 Å². The van der Waals surface area contributed by atoms with Crippen LogP contribution in [0.2, 0.25) is 0 Å². The highest BCUT2D eigenvalue weighted by molar-refractivity contribution is 7.17. The average molecular weight is 865 g/mol. The second-order valence-electron chi connectivity index (χ2n) is 21.6. The predicted octanol–water partition coefficient (Wildman–Crippen LogP) is 15.6. The van der Waals surface area contributed by atoms with E-state index in [1.807, 2.05) is 11.3 Å². The molecule has 65 heavy (non-hydrogen) atoms. The van der Waals surface area contributed by atoms with Gasteiger partial charge in [0.25, 0.3) is 6.71 Å². The number of furan rings is 1. The van der Waals surface area contributed by atoms with Gasteiger partial charge in [0, 0.05) is 49.1 Å². The summed E-state index contributed by atoms with van der Waals surface area (Å²) in [7, 11) is 0. The van der Waals surface area contributed by atoms with Crippen molar-refractivity contribution in [2.45, 2.75) is 92.4 Å². The summed E-state index contributed by atoms with van der Waals surface area (Å²) >= 11 is 1.82. The molecule has 2 aliphatic heterocycles. The van der Waals surface area contributed by atoms with E-state index in [2.05, 4.69) is 231 Å². The van der Waals surface area contributed by atoms with Crippen LogP contribution in [0.4, 0.5) is 34.3 Å². The zero-order chi connectivity index (χ0) is 45.3. The lowest BCUT2D eigenvalue weighted by molar-refractivity contribution is 0.588. The first-order valence-electron chi connectivity index (χ1n) is 23.2. The molecule has 0 saturated carbocycles. The van der Waals surface area contributed by atoms with Crippen molar-refractivity contribution < 1.29 is 4.42 Å². The summed E-state index contributed by atoms with van der Waals surface area (Å²) in [6.45, 7) is 25.2. The zero-order valence-corrected chi connectivity index (χ0v) is 40.5. The van der Waals surface area contributed by atoms with Crippen LogP contribution in [0, 0.1) is 13.8 Å². The third-order valence-corrected chi connectivity index (χ3v) is 15.0. The molecule has 0 atom stereocenters. The lowest BCUT2D eigenvalue weighted by Crippen LogP contribution is -2.61. The first-order valence-corrected chi connectivity index (χ1v) is 24.1. The number of hydrogen-bond acceptors (Lipinski definition) is 4. The molecule has 7 aromatic carbocycles. The van der Waals surface area contributed by atoms with Crippen LogP contribution in [0.1, 0.15) is 90.1 Å². The summed E-state index contributed by atoms with van der Waals surface area (Å²) in [6, 6.07) is 52.9. The van der Waals surface area contributed by atoms with Crippen LogP contribution in [-0.4, -0.2) is 6.71 Å². The molecule has 0 amide bonds. The molecule has 4 heterocycles. The summed E-state index contributed by atoms with van der Waals surface area (Å²) in [5.74, 6) is 0.905. The highest BCUT2D eigenvalue weighted by Crippen LogP contribution is 2.50. The molecule has 322 valence electrons. The molecular weight excluding hydrogens is 808 g/mol. The Kier molecular flexibility index (Phi) is 9.31. The van der Waals surface area contributed by atoms with Gasteiger partial charge in [-0.05, 0) is 134 Å². The van der Waals surface area contributed by atoms with Crippen molar-refractivity contribution in [2.75, 3.05) is 9.80 Å². The summed E-state index contributed by atoms with van der Waals surface area (Å²) in [4.78, 5) is 5.06. The maximum Gasteiger partial charge on any atom is 0.257 e. The van der Waals surface area contributed by atoms with Crippen LogP contribution in [0.25, 0.3) is 43.3 Å². The van der Waals surface area contributed by atoms with Gasteiger partial charge in [-0.15, -0.1) is 11.3 Å². The minimum Gasteiger partial charge on any atom is -0.440 e. The monoisotopic (exact) mass is 864 g/mol. The average Bonchev–Trinajstić information content (AvgIpc) is 3.88. The van der Waals surface area contributed by atoms with Crippen LogP contribution >= 0.6 is 11.3 Å². The van der Waals surface area contributed by atoms with E-state index in [1.165, 1.54) is 99.0 Å². The maximum atomic E-state index is 7.28. The van der Waals surface area contributed by atoms with E-state index in [0.717, 1.165) is 22.8 Å². The standard InChI is InChI=1S/C60H57BN2OS/c1-36-30-42(60(9,10)11)31-37(2)56(36)63-50-22-17-21-49-55(50)61(54-45-34-41(59(6,7)8)26-29-52(45)64-57(54)63)47-27-24-39(46-35-65-53-23-16-15-20-43(46)53)32-51(47)62(49)48-28-25-40(58(3,4)5)33-44(48)38-18-13-12-14-19-38/h12-35H,1-11H3. The SMILES string of the molecule is Cc1cc(C(C)(C)C)cc(C)c1N1c2cccc3c2B(c2ccc(-c4csc5ccccc45)cc2N3c2ccc(C(C)(C)C)cc2-c2ccccc2)c2c1oc1ccc(C(C)(C)C)cc21. The van der Waals surface area contributed by atoms with E-state index in [4.69, 9.17) is 4.42 Å². The molecule has 0 radical (unpaired) electrons. The molecule has 5 heteroatoms. The summed E-state index contributed by atoms with van der Waals surface area (Å²) in [5.41, 5.74) is 21.8. The number of benzene rings is 7. The fourth-order valence-corrected chi connectivity index (χ4v) is 11.5. The highest BCUT2D eigenvalue weighted by atomic mass is 32.1. The van der Waals surface area contributed by atoms with Crippen LogP contribution in [-0.2, 0) is 16.2 Å². The van der Waals surface area contributed by atoms with Crippen LogP contribution in [0.5, 0.6) is 0 Å². The quantitative estimate of drug-likeness (QED) is 0.164. The van der Waals surface area contributed by atoms with E-state index in [-0.39, 0.29) is 23.0 Å². The second-order valence-corrected chi connectivity index (χ2v) is 22.5. The fraction of sp³-hybridized carbons (Fsp3) is 0.233. The lowest BCUT2D eigenvalue weighted by atomic mass is 9.33. The van der Waals surface area contributed by atoms with Crippen LogP contribution in [0.15, 0.2) is 149 Å². The molecule has 9 aromatic rings. The van der Waals surface area contributed by atoms with Crippen molar-refractivity contribution in [3.05, 3.63) is 173 Å². The Morgan fingerprint density at radius 3 is 1.83 bits per heavy atom. The number of nitrogens with zero attached hydrogens (tertiary/aromatic N) is 2. The minimum absolute atomic E-state index is 0.0121. The maximum absolute atomic E-state index is 7.28. The Labute approximate surface area is 389 Å². The molecule has 2 aliphatic rings. The van der Waals surface area contributed by atoms with Crippen molar-refractivity contribution in [3.8, 4) is 22.3 Å². The van der Waals surface area contributed by atoms with E-state index in [9.17, 15) is 0 Å². The Bertz CT molecular complexity index is 3350. The van der Waals surface area contributed by atoms with Gasteiger partial charge in [-0.3, -0.25) is 4.90 Å². The minimum atomic E-state index is -0.0908. The smallest absolute Gasteiger partial charge is 0.257 e. The highest BCUT2D eigenvalue weighted by Gasteiger charge is 2.47. The fourth-order valence-electron chi connectivity index (χ4n) is 10.6. The Morgan fingerprint density at radius 2 is 1.12 bits per heavy atom. The van der Waals surface area contributed by atoms with E-state index in [1.54, 1.807) is 0 Å². The Morgan fingerprint density at radius 1 is 0.477 bits per heavy atom. The summed E-state index contributed by atoms with van der Waals surface area (Å²) in [6.07, 6.45) is 0. The molecule has 0 bridgehead atoms. The first kappa shape index (κ1) is 41.4. The van der Waals surface area contributed by atoms with Gasteiger partial charge in [0.15, 0.2) is 0 Å². The van der Waals surface area contributed by atoms with Crippen molar-refractivity contribution >= 4 is 89.8 Å². The molecule has 0 saturated heterocycles. The number of aryl methyl sites for hydroxylation is 2. The van der Waals surface area contributed by atoms with Gasteiger partial charge in [0.2, 0.25) is 5.88 Å². The van der Waals surface area contributed by atoms with Gasteiger partial charge in [0.1, 0.15) is 5.58 Å². The predicted molar refractivity (Wildman–Crippen MR) is 282 cm³/mol. The third-order valence-electron chi connectivity index (χ3n) is 14.0. The first-order chi connectivity index (χ1) is 31.0. The van der Waals surface area contributed by atoms with Crippen molar-refractivity contribution in [2.24, 2.45) is 0 Å². The molecular formula is C60H57BN2OS. The van der Waals surface area contributed by atoms with Gasteiger partial charge < -0.3 is 9.32 Å². The number of thiophene rings is 1. The Balaban J connectivity index is 1.26. The van der Waals surface area contributed by atoms with E-state index >= 15 is 0 Å². The van der Waals surface area contributed by atoms with Gasteiger partial charge in [-0.2, -0.15) is 0 Å². The van der Waals surface area contributed by atoms with Gasteiger partial charge in [-0.1, -0.05) is 153 Å². The van der Waals surface area contributed by atoms with Crippen molar-refractivity contribution in [3.63, 3.8) is 0 Å². The molecule has 3 nitrogen and oxygen atoms in total. The molecule has 11 rings (SSSR count). The molecule has 0 spiro atoms. The molecule has 0 unspecified atom stereocenters. The van der Waals surface area contributed by atoms with Crippen molar-refractivity contribution in [1.29, 1.82) is 0 Å². The molecule has 0 aliphatic carbocycles. The molecule has 0 fully saturated rings. The second kappa shape index (κ2) is 14.6. The number of rotatable bonds is 4. The van der Waals surface area contributed by atoms with Gasteiger partial charge in [0.05, 0.1) is 11.4 Å². The van der Waals surface area contributed by atoms with E-state index in [0.29, 0.717) is 0 Å². The molecule has 0 N–H and O–H groups in total. The number of anilines is 6. The lowest BCUT2D eigenvalue weighted by Gasteiger charge is -2.43. The summed E-state index contributed by atoms with van der Waals surface area (Å²) < 4.78 is 8.58. The molecule has 2 aromatic heterocycles. The van der Waals surface area contributed by atoms with Crippen LogP contribution in [0.3, 0.4) is 0 Å². The largest absolute Gasteiger partial charge is 0.440 e. The summed E-state index contributed by atoms with van der Waals surface area (Å²) in [5, 5.41) is 4.80. The van der Waals surface area contributed by atoms with Crippen molar-refractivity contribution in [1.82, 2.24) is 0 Å². The zero-order valence-electron chi connectivity index (χ0n) is 39.6. The third kappa shape index (κ3) is 6.60. The normalized spacial score (nSPS) is 13.7. The topological polar surface area (TPSA) is 19.6 Å². The number of hydrogen-bond donors (Lipinski definition) is 0. The number of fused-ring (bicyclic) bond motifs is 7. The Hall–Kier alpha value is -6.30. The van der Waals surface area contributed by atoms with E-state index < -0.39 is 0 Å². The van der Waals surface area contributed by atoms with Gasteiger partial charge in [-0.25, -0.2) is 0 Å². The van der Waals surface area contributed by atoms with Gasteiger partial charge >= 0.3 is 0 Å².